The van der Waals surface area contributed by atoms with Gasteiger partial charge in [0.2, 0.25) is 0 Å². The summed E-state index contributed by atoms with van der Waals surface area (Å²) < 4.78 is 1.03. The van der Waals surface area contributed by atoms with Crippen molar-refractivity contribution in [3.63, 3.8) is 0 Å². The van der Waals surface area contributed by atoms with Gasteiger partial charge < -0.3 is 5.73 Å². The summed E-state index contributed by atoms with van der Waals surface area (Å²) in [5, 5.41) is 12.2. The second-order valence-corrected chi connectivity index (χ2v) is 4.57. The molecule has 0 fully saturated rings. The van der Waals surface area contributed by atoms with E-state index < -0.39 is 0 Å². The molecule has 0 amide bonds. The van der Waals surface area contributed by atoms with Gasteiger partial charge in [-0.1, -0.05) is 6.07 Å². The molecule has 0 saturated carbocycles. The third-order valence-corrected chi connectivity index (χ3v) is 2.83. The van der Waals surface area contributed by atoms with Crippen molar-refractivity contribution >= 4 is 57.0 Å². The van der Waals surface area contributed by atoms with Crippen LogP contribution in [0.25, 0.3) is 10.9 Å². The lowest BCUT2D eigenvalue weighted by atomic mass is 10.2. The molecule has 0 atom stereocenters. The van der Waals surface area contributed by atoms with Crippen molar-refractivity contribution in [1.82, 2.24) is 15.6 Å². The average Bonchev–Trinajstić information content (AvgIpc) is 2.60. The Bertz CT molecular complexity index is 562. The van der Waals surface area contributed by atoms with E-state index in [0.29, 0.717) is 0 Å². The van der Waals surface area contributed by atoms with Crippen LogP contribution in [0.2, 0.25) is 0 Å². The number of aromatic amines is 1. The van der Waals surface area contributed by atoms with E-state index in [0.717, 1.165) is 20.2 Å². The Labute approximate surface area is 111 Å². The molecule has 7 heteroatoms. The molecule has 0 aliphatic heterocycles. The number of aromatic nitrogens is 2. The Morgan fingerprint density at radius 1 is 1.62 bits per heavy atom. The monoisotopic (exact) mass is 345 g/mol. The first-order valence-electron chi connectivity index (χ1n) is 4.39. The second kappa shape index (κ2) is 4.74. The highest BCUT2D eigenvalue weighted by Crippen LogP contribution is 2.17. The molecule has 1 aromatic carbocycles. The molecule has 2 aromatic rings. The fourth-order valence-electron chi connectivity index (χ4n) is 1.25. The number of fused-ring (bicyclic) bond motifs is 1. The van der Waals surface area contributed by atoms with Gasteiger partial charge in [-0.3, -0.25) is 10.5 Å². The summed E-state index contributed by atoms with van der Waals surface area (Å²) in [4.78, 5) is 0. The Hall–Kier alpha value is -1.22. The standard InChI is InChI=1S/C9H8IN5S/c10-8-6-2-1-5(3-7(6)13-14-8)4-12-15-9(11)16/h1-4H,(H,13,14)(H3,11,15,16). The lowest BCUT2D eigenvalue weighted by Gasteiger charge is -1.95. The van der Waals surface area contributed by atoms with Gasteiger partial charge in [0.05, 0.1) is 11.7 Å². The maximum absolute atomic E-state index is 5.24. The summed E-state index contributed by atoms with van der Waals surface area (Å²) in [5.41, 5.74) is 9.57. The third-order valence-electron chi connectivity index (χ3n) is 1.92. The second-order valence-electron chi connectivity index (χ2n) is 3.05. The van der Waals surface area contributed by atoms with E-state index in [9.17, 15) is 0 Å². The average molecular weight is 345 g/mol. The van der Waals surface area contributed by atoms with E-state index >= 15 is 0 Å². The SMILES string of the molecule is NC(=S)NN=Cc1ccc2c(I)[nH]nc2c1. The Kier molecular flexibility index (Phi) is 3.34. The molecule has 16 heavy (non-hydrogen) atoms. The summed E-state index contributed by atoms with van der Waals surface area (Å²) in [6, 6.07) is 5.87. The number of rotatable bonds is 2. The third kappa shape index (κ3) is 2.47. The van der Waals surface area contributed by atoms with Gasteiger partial charge in [-0.2, -0.15) is 10.2 Å². The summed E-state index contributed by atoms with van der Waals surface area (Å²) in [5.74, 6) is 0. The largest absolute Gasteiger partial charge is 0.375 e. The van der Waals surface area contributed by atoms with Crippen LogP contribution in [0.15, 0.2) is 23.3 Å². The van der Waals surface area contributed by atoms with Crippen LogP contribution < -0.4 is 11.2 Å². The van der Waals surface area contributed by atoms with E-state index in [1.54, 1.807) is 6.21 Å². The van der Waals surface area contributed by atoms with Gasteiger partial charge in [-0.05, 0) is 52.5 Å². The van der Waals surface area contributed by atoms with Gasteiger partial charge in [0.1, 0.15) is 3.70 Å². The summed E-state index contributed by atoms with van der Waals surface area (Å²) in [6.07, 6.45) is 1.64. The molecule has 4 N–H and O–H groups in total. The molecule has 0 unspecified atom stereocenters. The molecule has 0 bridgehead atoms. The number of thiocarbonyl (C=S) groups is 1. The number of halogens is 1. The Morgan fingerprint density at radius 3 is 3.19 bits per heavy atom. The van der Waals surface area contributed by atoms with Crippen LogP contribution in [-0.2, 0) is 0 Å². The van der Waals surface area contributed by atoms with Crippen LogP contribution in [0.1, 0.15) is 5.56 Å². The van der Waals surface area contributed by atoms with Crippen LogP contribution in [0.4, 0.5) is 0 Å². The van der Waals surface area contributed by atoms with Gasteiger partial charge in [-0.15, -0.1) is 0 Å². The van der Waals surface area contributed by atoms with Gasteiger partial charge in [-0.25, -0.2) is 0 Å². The molecule has 82 valence electrons. The lowest BCUT2D eigenvalue weighted by molar-refractivity contribution is 1.04. The number of hydrogen-bond acceptors (Lipinski definition) is 3. The highest BCUT2D eigenvalue weighted by atomic mass is 127. The number of nitrogens with one attached hydrogen (secondary N) is 2. The normalized spacial score (nSPS) is 11.1. The van der Waals surface area contributed by atoms with E-state index in [1.807, 2.05) is 18.2 Å². The molecule has 5 nitrogen and oxygen atoms in total. The molecule has 0 aliphatic carbocycles. The van der Waals surface area contributed by atoms with Gasteiger partial charge in [0, 0.05) is 5.39 Å². The van der Waals surface area contributed by atoms with Crippen LogP contribution in [0, 0.1) is 3.70 Å². The van der Waals surface area contributed by atoms with Crippen molar-refractivity contribution in [3.05, 3.63) is 27.5 Å². The minimum atomic E-state index is 0.145. The molecule has 0 radical (unpaired) electrons. The smallest absolute Gasteiger partial charge is 0.184 e. The summed E-state index contributed by atoms with van der Waals surface area (Å²) >= 11 is 6.83. The van der Waals surface area contributed by atoms with Crippen LogP contribution in [0.5, 0.6) is 0 Å². The number of nitrogens with two attached hydrogens (primary N) is 1. The topological polar surface area (TPSA) is 79.1 Å². The van der Waals surface area contributed by atoms with Crippen molar-refractivity contribution in [1.29, 1.82) is 0 Å². The molecule has 1 aromatic heterocycles. The number of hydrogen-bond donors (Lipinski definition) is 3. The van der Waals surface area contributed by atoms with Crippen LogP contribution in [0.3, 0.4) is 0 Å². The van der Waals surface area contributed by atoms with Crippen LogP contribution in [-0.4, -0.2) is 21.5 Å². The highest BCUT2D eigenvalue weighted by molar-refractivity contribution is 14.1. The number of benzene rings is 1. The predicted octanol–water partition coefficient (Wildman–Crippen LogP) is 1.33. The minimum Gasteiger partial charge on any atom is -0.375 e. The van der Waals surface area contributed by atoms with Crippen molar-refractivity contribution in [2.24, 2.45) is 10.8 Å². The molecule has 1 heterocycles. The zero-order valence-corrected chi connectivity index (χ0v) is 11.0. The highest BCUT2D eigenvalue weighted by Gasteiger charge is 2.01. The van der Waals surface area contributed by atoms with E-state index in [4.69, 9.17) is 5.73 Å². The fourth-order valence-corrected chi connectivity index (χ4v) is 1.88. The van der Waals surface area contributed by atoms with Crippen molar-refractivity contribution in [2.75, 3.05) is 0 Å². The minimum absolute atomic E-state index is 0.145. The quantitative estimate of drug-likeness (QED) is 0.332. The molecule has 0 aliphatic rings. The molecule has 0 saturated heterocycles. The summed E-state index contributed by atoms with van der Waals surface area (Å²) in [7, 11) is 0. The molecule has 0 spiro atoms. The predicted molar refractivity (Wildman–Crippen MR) is 76.3 cm³/mol. The number of nitrogens with zero attached hydrogens (tertiary/aromatic N) is 2. The first kappa shape index (κ1) is 11.3. The maximum atomic E-state index is 5.24. The van der Waals surface area contributed by atoms with Crippen molar-refractivity contribution in [3.8, 4) is 0 Å². The number of H-pyrrole nitrogens is 1. The first-order valence-corrected chi connectivity index (χ1v) is 5.87. The summed E-state index contributed by atoms with van der Waals surface area (Å²) in [6.45, 7) is 0. The Balaban J connectivity index is 2.26. The van der Waals surface area contributed by atoms with E-state index in [2.05, 4.69) is 55.5 Å². The van der Waals surface area contributed by atoms with E-state index in [-0.39, 0.29) is 5.11 Å². The zero-order chi connectivity index (χ0) is 11.5. The Morgan fingerprint density at radius 2 is 2.44 bits per heavy atom. The lowest BCUT2D eigenvalue weighted by Crippen LogP contribution is -2.23. The molecular weight excluding hydrogens is 337 g/mol. The fraction of sp³-hybridized carbons (Fsp3) is 0. The van der Waals surface area contributed by atoms with Crippen molar-refractivity contribution in [2.45, 2.75) is 0 Å². The van der Waals surface area contributed by atoms with Gasteiger partial charge in [0.15, 0.2) is 5.11 Å². The molecular formula is C9H8IN5S. The van der Waals surface area contributed by atoms with Crippen LogP contribution >= 0.6 is 34.8 Å². The number of hydrazone groups is 1. The van der Waals surface area contributed by atoms with Gasteiger partial charge in [0.25, 0.3) is 0 Å². The van der Waals surface area contributed by atoms with Crippen molar-refractivity contribution < 1.29 is 0 Å². The zero-order valence-electron chi connectivity index (χ0n) is 8.07. The van der Waals surface area contributed by atoms with Gasteiger partial charge >= 0.3 is 0 Å². The first-order chi connectivity index (χ1) is 7.66. The molecule has 2 rings (SSSR count). The maximum Gasteiger partial charge on any atom is 0.184 e. The van der Waals surface area contributed by atoms with E-state index in [1.165, 1.54) is 0 Å².